The molecule has 0 radical (unpaired) electrons. The van der Waals surface area contributed by atoms with E-state index in [-0.39, 0.29) is 18.5 Å². The van der Waals surface area contributed by atoms with E-state index in [0.717, 1.165) is 22.6 Å². The third kappa shape index (κ3) is 2.93. The first-order valence-corrected chi connectivity index (χ1v) is 7.30. The second-order valence-corrected chi connectivity index (χ2v) is 5.28. The standard InChI is InChI=1S/C18H20O4/c1-12-17(13-4-8-15(19-2)9-5-13)22-18(21-12)14-6-10-16(20-3)11-7-14/h4-12,17-18H,1-3H3. The predicted octanol–water partition coefficient (Wildman–Crippen LogP) is 3.88. The van der Waals surface area contributed by atoms with Gasteiger partial charge in [0, 0.05) is 5.56 Å². The monoisotopic (exact) mass is 300 g/mol. The summed E-state index contributed by atoms with van der Waals surface area (Å²) in [6, 6.07) is 15.7. The van der Waals surface area contributed by atoms with E-state index in [1.165, 1.54) is 0 Å². The van der Waals surface area contributed by atoms with E-state index in [1.807, 2.05) is 55.5 Å². The summed E-state index contributed by atoms with van der Waals surface area (Å²) >= 11 is 0. The van der Waals surface area contributed by atoms with Crippen molar-refractivity contribution < 1.29 is 18.9 Å². The SMILES string of the molecule is COc1ccc(C2OC(C)C(c3ccc(OC)cc3)O2)cc1. The molecule has 0 bridgehead atoms. The highest BCUT2D eigenvalue weighted by Crippen LogP contribution is 2.40. The van der Waals surface area contributed by atoms with Crippen LogP contribution in [-0.4, -0.2) is 20.3 Å². The summed E-state index contributed by atoms with van der Waals surface area (Å²) in [7, 11) is 3.31. The molecule has 4 heteroatoms. The van der Waals surface area contributed by atoms with Crippen molar-refractivity contribution in [1.29, 1.82) is 0 Å². The molecule has 2 aromatic carbocycles. The van der Waals surface area contributed by atoms with Crippen LogP contribution in [0.5, 0.6) is 11.5 Å². The normalized spacial score (nSPS) is 24.2. The van der Waals surface area contributed by atoms with Gasteiger partial charge in [-0.25, -0.2) is 0 Å². The summed E-state index contributed by atoms with van der Waals surface area (Å²) in [6.07, 6.45) is -0.452. The maximum Gasteiger partial charge on any atom is 0.185 e. The van der Waals surface area contributed by atoms with E-state index in [2.05, 4.69) is 0 Å². The van der Waals surface area contributed by atoms with Crippen molar-refractivity contribution in [3.05, 3.63) is 59.7 Å². The Labute approximate surface area is 130 Å². The van der Waals surface area contributed by atoms with Crippen LogP contribution in [0.1, 0.15) is 30.4 Å². The molecular weight excluding hydrogens is 280 g/mol. The lowest BCUT2D eigenvalue weighted by atomic mass is 10.1. The Morgan fingerprint density at radius 3 is 1.73 bits per heavy atom. The number of rotatable bonds is 4. The first-order chi connectivity index (χ1) is 10.7. The molecule has 0 aliphatic carbocycles. The molecule has 0 N–H and O–H groups in total. The van der Waals surface area contributed by atoms with Crippen LogP contribution in [0, 0.1) is 0 Å². The number of hydrogen-bond donors (Lipinski definition) is 0. The van der Waals surface area contributed by atoms with Gasteiger partial charge in [-0.2, -0.15) is 0 Å². The maximum atomic E-state index is 6.09. The zero-order valence-corrected chi connectivity index (χ0v) is 13.0. The van der Waals surface area contributed by atoms with Gasteiger partial charge in [-0.05, 0) is 36.8 Å². The van der Waals surface area contributed by atoms with Crippen LogP contribution in [-0.2, 0) is 9.47 Å². The van der Waals surface area contributed by atoms with Crippen LogP contribution in [0.2, 0.25) is 0 Å². The molecule has 1 heterocycles. The second-order valence-electron chi connectivity index (χ2n) is 5.28. The van der Waals surface area contributed by atoms with Gasteiger partial charge in [0.05, 0.1) is 20.3 Å². The summed E-state index contributed by atoms with van der Waals surface area (Å²) in [6.45, 7) is 2.03. The first kappa shape index (κ1) is 14.9. The fourth-order valence-corrected chi connectivity index (χ4v) is 2.60. The maximum absolute atomic E-state index is 6.09. The van der Waals surface area contributed by atoms with E-state index in [0.29, 0.717) is 0 Å². The Hall–Kier alpha value is -2.04. The van der Waals surface area contributed by atoms with Gasteiger partial charge in [0.15, 0.2) is 6.29 Å². The van der Waals surface area contributed by atoms with Crippen LogP contribution >= 0.6 is 0 Å². The Morgan fingerprint density at radius 1 is 0.727 bits per heavy atom. The fraction of sp³-hybridized carbons (Fsp3) is 0.333. The molecule has 1 saturated heterocycles. The average molecular weight is 300 g/mol. The molecule has 22 heavy (non-hydrogen) atoms. The van der Waals surface area contributed by atoms with Crippen LogP contribution in [0.4, 0.5) is 0 Å². The quantitative estimate of drug-likeness (QED) is 0.858. The molecule has 4 nitrogen and oxygen atoms in total. The van der Waals surface area contributed by atoms with Crippen LogP contribution in [0.25, 0.3) is 0 Å². The highest BCUT2D eigenvalue weighted by molar-refractivity contribution is 5.31. The van der Waals surface area contributed by atoms with Gasteiger partial charge in [-0.15, -0.1) is 0 Å². The van der Waals surface area contributed by atoms with Crippen LogP contribution in [0.15, 0.2) is 48.5 Å². The molecule has 1 aliphatic rings. The Balaban J connectivity index is 1.75. The van der Waals surface area contributed by atoms with Crippen molar-refractivity contribution in [2.75, 3.05) is 14.2 Å². The predicted molar refractivity (Wildman–Crippen MR) is 83.1 cm³/mol. The Bertz CT molecular complexity index is 606. The van der Waals surface area contributed by atoms with E-state index >= 15 is 0 Å². The van der Waals surface area contributed by atoms with E-state index < -0.39 is 0 Å². The van der Waals surface area contributed by atoms with Gasteiger partial charge in [-0.1, -0.05) is 24.3 Å². The molecule has 0 aromatic heterocycles. The molecule has 0 amide bonds. The molecule has 3 unspecified atom stereocenters. The lowest BCUT2D eigenvalue weighted by Crippen LogP contribution is -2.09. The van der Waals surface area contributed by atoms with Crippen molar-refractivity contribution in [2.45, 2.75) is 25.4 Å². The molecule has 0 spiro atoms. The van der Waals surface area contributed by atoms with E-state index in [1.54, 1.807) is 14.2 Å². The van der Waals surface area contributed by atoms with Gasteiger partial charge in [0.2, 0.25) is 0 Å². The lowest BCUT2D eigenvalue weighted by Gasteiger charge is -2.14. The summed E-state index contributed by atoms with van der Waals surface area (Å²) in [5.74, 6) is 1.66. The zero-order chi connectivity index (χ0) is 15.5. The van der Waals surface area contributed by atoms with Crippen molar-refractivity contribution in [1.82, 2.24) is 0 Å². The van der Waals surface area contributed by atoms with Gasteiger partial charge < -0.3 is 18.9 Å². The van der Waals surface area contributed by atoms with Gasteiger partial charge >= 0.3 is 0 Å². The molecule has 2 aromatic rings. The smallest absolute Gasteiger partial charge is 0.185 e. The third-order valence-corrected chi connectivity index (χ3v) is 3.87. The van der Waals surface area contributed by atoms with E-state index in [4.69, 9.17) is 18.9 Å². The van der Waals surface area contributed by atoms with Crippen LogP contribution in [0.3, 0.4) is 0 Å². The topological polar surface area (TPSA) is 36.9 Å². The molecular formula is C18H20O4. The summed E-state index contributed by atoms with van der Waals surface area (Å²) in [5, 5.41) is 0. The first-order valence-electron chi connectivity index (χ1n) is 7.30. The highest BCUT2D eigenvalue weighted by Gasteiger charge is 2.34. The zero-order valence-electron chi connectivity index (χ0n) is 13.0. The molecule has 1 fully saturated rings. The summed E-state index contributed by atoms with van der Waals surface area (Å²) < 4.78 is 22.4. The minimum atomic E-state index is -0.354. The largest absolute Gasteiger partial charge is 0.497 e. The average Bonchev–Trinajstić information content (AvgIpc) is 2.97. The molecule has 116 valence electrons. The molecule has 3 rings (SSSR count). The summed E-state index contributed by atoms with van der Waals surface area (Å²) in [4.78, 5) is 0. The van der Waals surface area contributed by atoms with Crippen molar-refractivity contribution in [2.24, 2.45) is 0 Å². The second kappa shape index (κ2) is 6.38. The number of benzene rings is 2. The fourth-order valence-electron chi connectivity index (χ4n) is 2.60. The molecule has 0 saturated carbocycles. The minimum Gasteiger partial charge on any atom is -0.497 e. The summed E-state index contributed by atoms with van der Waals surface area (Å²) in [5.41, 5.74) is 2.08. The minimum absolute atomic E-state index is 0.0134. The number of hydrogen-bond acceptors (Lipinski definition) is 4. The lowest BCUT2D eigenvalue weighted by molar-refractivity contribution is -0.0677. The van der Waals surface area contributed by atoms with Crippen LogP contribution < -0.4 is 9.47 Å². The third-order valence-electron chi connectivity index (χ3n) is 3.87. The van der Waals surface area contributed by atoms with Crippen molar-refractivity contribution in [3.8, 4) is 11.5 Å². The molecule has 1 aliphatic heterocycles. The Kier molecular flexibility index (Phi) is 4.32. The number of ether oxygens (including phenoxy) is 4. The Morgan fingerprint density at radius 2 is 1.23 bits per heavy atom. The van der Waals surface area contributed by atoms with Gasteiger partial charge in [0.1, 0.15) is 17.6 Å². The van der Waals surface area contributed by atoms with Crippen molar-refractivity contribution >= 4 is 0 Å². The molecule has 3 atom stereocenters. The highest BCUT2D eigenvalue weighted by atomic mass is 16.7. The van der Waals surface area contributed by atoms with E-state index in [9.17, 15) is 0 Å². The van der Waals surface area contributed by atoms with Crippen molar-refractivity contribution in [3.63, 3.8) is 0 Å². The van der Waals surface area contributed by atoms with Gasteiger partial charge in [0.25, 0.3) is 0 Å². The number of methoxy groups -OCH3 is 2. The van der Waals surface area contributed by atoms with Gasteiger partial charge in [-0.3, -0.25) is 0 Å².